The maximum Gasteiger partial charge on any atom is 0.0217 e. The fraction of sp³-hybridized carbons (Fsp3) is 1.00. The molecule has 2 aliphatic rings. The number of nitrogens with one attached hydrogen (secondary N) is 1. The van der Waals surface area contributed by atoms with Gasteiger partial charge < -0.3 is 15.1 Å². The summed E-state index contributed by atoms with van der Waals surface area (Å²) in [6.07, 6.45) is 5.68. The highest BCUT2D eigenvalue weighted by atomic mass is 15.2. The Kier molecular flexibility index (Phi) is 6.79. The van der Waals surface area contributed by atoms with Crippen molar-refractivity contribution in [1.82, 2.24) is 15.1 Å². The van der Waals surface area contributed by atoms with Crippen LogP contribution in [0, 0.1) is 11.8 Å². The Hall–Kier alpha value is -0.120. The Morgan fingerprint density at radius 2 is 1.65 bits per heavy atom. The summed E-state index contributed by atoms with van der Waals surface area (Å²) in [6, 6.07) is 0.662. The molecule has 2 saturated heterocycles. The summed E-state index contributed by atoms with van der Waals surface area (Å²) in [4.78, 5) is 5.38. The minimum absolute atomic E-state index is 0.662. The molecular weight excluding hydrogens is 246 g/mol. The van der Waals surface area contributed by atoms with Crippen molar-refractivity contribution in [2.45, 2.75) is 52.5 Å². The summed E-state index contributed by atoms with van der Waals surface area (Å²) < 4.78 is 0. The highest BCUT2D eigenvalue weighted by Gasteiger charge is 2.24. The molecule has 0 aromatic rings. The van der Waals surface area contributed by atoms with Gasteiger partial charge in [0, 0.05) is 19.1 Å². The third-order valence-electron chi connectivity index (χ3n) is 5.15. The van der Waals surface area contributed by atoms with E-state index in [-0.39, 0.29) is 0 Å². The number of likely N-dealkylation sites (tertiary alicyclic amines) is 2. The van der Waals surface area contributed by atoms with Crippen molar-refractivity contribution < 1.29 is 0 Å². The Bertz CT molecular complexity index is 253. The molecule has 0 aromatic carbocycles. The average Bonchev–Trinajstić information content (AvgIpc) is 2.93. The molecule has 1 unspecified atom stereocenters. The second-order valence-electron chi connectivity index (χ2n) is 7.16. The average molecular weight is 281 g/mol. The molecule has 118 valence electrons. The van der Waals surface area contributed by atoms with Gasteiger partial charge in [0.05, 0.1) is 0 Å². The molecular formula is C17H35N3. The lowest BCUT2D eigenvalue weighted by Gasteiger charge is -2.36. The van der Waals surface area contributed by atoms with Gasteiger partial charge >= 0.3 is 0 Å². The van der Waals surface area contributed by atoms with E-state index in [4.69, 9.17) is 0 Å². The van der Waals surface area contributed by atoms with Gasteiger partial charge in [-0.05, 0) is 70.2 Å². The Labute approximate surface area is 126 Å². The van der Waals surface area contributed by atoms with Crippen LogP contribution in [0.4, 0.5) is 0 Å². The van der Waals surface area contributed by atoms with Gasteiger partial charge in [0.25, 0.3) is 0 Å². The van der Waals surface area contributed by atoms with E-state index in [1.54, 1.807) is 0 Å². The molecule has 0 aromatic heterocycles. The third-order valence-corrected chi connectivity index (χ3v) is 5.15. The summed E-state index contributed by atoms with van der Waals surface area (Å²) >= 11 is 0. The molecule has 0 aliphatic carbocycles. The first-order valence-electron chi connectivity index (χ1n) is 8.87. The smallest absolute Gasteiger partial charge is 0.0217 e. The largest absolute Gasteiger partial charge is 0.313 e. The van der Waals surface area contributed by atoms with E-state index >= 15 is 0 Å². The highest BCUT2D eigenvalue weighted by Crippen LogP contribution is 2.21. The number of rotatable bonds is 7. The molecule has 0 saturated carbocycles. The molecule has 0 spiro atoms. The van der Waals surface area contributed by atoms with E-state index in [1.165, 1.54) is 65.0 Å². The standard InChI is InChI=1S/C17H35N3/c1-4-18-17(15(2)3)14-20-11-7-16(8-12-20)13-19-9-5-6-10-19/h15-18H,4-14H2,1-3H3. The van der Waals surface area contributed by atoms with E-state index in [9.17, 15) is 0 Å². The minimum Gasteiger partial charge on any atom is -0.313 e. The van der Waals surface area contributed by atoms with Gasteiger partial charge in [0.2, 0.25) is 0 Å². The quantitative estimate of drug-likeness (QED) is 0.773. The van der Waals surface area contributed by atoms with E-state index in [0.29, 0.717) is 6.04 Å². The van der Waals surface area contributed by atoms with Gasteiger partial charge in [-0.3, -0.25) is 0 Å². The Morgan fingerprint density at radius 1 is 1.00 bits per heavy atom. The molecule has 2 aliphatic heterocycles. The van der Waals surface area contributed by atoms with Crippen molar-refractivity contribution in [3.63, 3.8) is 0 Å². The first-order chi connectivity index (χ1) is 9.69. The van der Waals surface area contributed by atoms with Gasteiger partial charge in [-0.15, -0.1) is 0 Å². The van der Waals surface area contributed by atoms with Crippen LogP contribution in [-0.4, -0.2) is 61.7 Å². The van der Waals surface area contributed by atoms with Crippen LogP contribution >= 0.6 is 0 Å². The van der Waals surface area contributed by atoms with Crippen LogP contribution in [0.25, 0.3) is 0 Å². The van der Waals surface area contributed by atoms with E-state index < -0.39 is 0 Å². The number of nitrogens with zero attached hydrogens (tertiary/aromatic N) is 2. The monoisotopic (exact) mass is 281 g/mol. The van der Waals surface area contributed by atoms with Gasteiger partial charge in [0.1, 0.15) is 0 Å². The molecule has 3 nitrogen and oxygen atoms in total. The van der Waals surface area contributed by atoms with Crippen molar-refractivity contribution >= 4 is 0 Å². The van der Waals surface area contributed by atoms with E-state index in [2.05, 4.69) is 35.9 Å². The number of hydrogen-bond acceptors (Lipinski definition) is 3. The number of hydrogen-bond donors (Lipinski definition) is 1. The predicted octanol–water partition coefficient (Wildman–Crippen LogP) is 2.43. The number of likely N-dealkylation sites (N-methyl/N-ethyl adjacent to an activating group) is 1. The summed E-state index contributed by atoms with van der Waals surface area (Å²) in [5.41, 5.74) is 0. The van der Waals surface area contributed by atoms with Crippen molar-refractivity contribution in [3.05, 3.63) is 0 Å². The molecule has 2 fully saturated rings. The van der Waals surface area contributed by atoms with Crippen molar-refractivity contribution in [1.29, 1.82) is 0 Å². The summed E-state index contributed by atoms with van der Waals surface area (Å²) in [6.45, 7) is 15.9. The Balaban J connectivity index is 1.67. The second kappa shape index (κ2) is 8.35. The first kappa shape index (κ1) is 16.3. The van der Waals surface area contributed by atoms with Crippen LogP contribution in [0.5, 0.6) is 0 Å². The van der Waals surface area contributed by atoms with Crippen LogP contribution in [0.1, 0.15) is 46.5 Å². The maximum absolute atomic E-state index is 3.65. The van der Waals surface area contributed by atoms with E-state index in [0.717, 1.165) is 18.4 Å². The highest BCUT2D eigenvalue weighted by molar-refractivity contribution is 4.81. The molecule has 0 amide bonds. The fourth-order valence-electron chi connectivity index (χ4n) is 3.73. The first-order valence-corrected chi connectivity index (χ1v) is 8.87. The fourth-order valence-corrected chi connectivity index (χ4v) is 3.73. The van der Waals surface area contributed by atoms with Crippen LogP contribution in [0.2, 0.25) is 0 Å². The minimum atomic E-state index is 0.662. The molecule has 1 atom stereocenters. The van der Waals surface area contributed by atoms with E-state index in [1.807, 2.05) is 0 Å². The third kappa shape index (κ3) is 5.01. The van der Waals surface area contributed by atoms with Crippen LogP contribution in [-0.2, 0) is 0 Å². The molecule has 20 heavy (non-hydrogen) atoms. The molecule has 2 rings (SSSR count). The molecule has 2 heterocycles. The lowest BCUT2D eigenvalue weighted by Crippen LogP contribution is -2.47. The van der Waals surface area contributed by atoms with Gasteiger partial charge in [-0.2, -0.15) is 0 Å². The zero-order chi connectivity index (χ0) is 14.4. The van der Waals surface area contributed by atoms with Gasteiger partial charge in [0.15, 0.2) is 0 Å². The van der Waals surface area contributed by atoms with Crippen LogP contribution in [0.3, 0.4) is 0 Å². The molecule has 3 heteroatoms. The van der Waals surface area contributed by atoms with Crippen molar-refractivity contribution in [2.24, 2.45) is 11.8 Å². The molecule has 0 radical (unpaired) electrons. The van der Waals surface area contributed by atoms with Crippen molar-refractivity contribution in [2.75, 3.05) is 45.8 Å². The summed E-state index contributed by atoms with van der Waals surface area (Å²) in [7, 11) is 0. The van der Waals surface area contributed by atoms with Crippen LogP contribution < -0.4 is 5.32 Å². The SMILES string of the molecule is CCNC(CN1CCC(CN2CCCC2)CC1)C(C)C. The Morgan fingerprint density at radius 3 is 2.20 bits per heavy atom. The zero-order valence-electron chi connectivity index (χ0n) is 13.9. The summed E-state index contributed by atoms with van der Waals surface area (Å²) in [5.74, 6) is 1.69. The zero-order valence-corrected chi connectivity index (χ0v) is 13.9. The summed E-state index contributed by atoms with van der Waals surface area (Å²) in [5, 5.41) is 3.65. The second-order valence-corrected chi connectivity index (χ2v) is 7.16. The lowest BCUT2D eigenvalue weighted by atomic mass is 9.95. The topological polar surface area (TPSA) is 18.5 Å². The van der Waals surface area contributed by atoms with Gasteiger partial charge in [-0.1, -0.05) is 20.8 Å². The lowest BCUT2D eigenvalue weighted by molar-refractivity contribution is 0.136. The van der Waals surface area contributed by atoms with Crippen molar-refractivity contribution in [3.8, 4) is 0 Å². The normalized spacial score (nSPS) is 24.6. The molecule has 1 N–H and O–H groups in total. The maximum atomic E-state index is 3.65. The van der Waals surface area contributed by atoms with Crippen LogP contribution in [0.15, 0.2) is 0 Å². The number of piperidine rings is 1. The van der Waals surface area contributed by atoms with Gasteiger partial charge in [-0.25, -0.2) is 0 Å². The molecule has 0 bridgehead atoms. The predicted molar refractivity (Wildman–Crippen MR) is 87.1 cm³/mol.